The molecule has 1 aliphatic carbocycles. The largest absolute Gasteiger partial charge is 0.327 e. The van der Waals surface area contributed by atoms with Crippen LogP contribution >= 0.6 is 0 Å². The number of alkyl halides is 1. The first-order chi connectivity index (χ1) is 4.75. The van der Waals surface area contributed by atoms with Gasteiger partial charge < -0.3 is 5.73 Å². The van der Waals surface area contributed by atoms with Crippen LogP contribution in [0.4, 0.5) is 4.39 Å². The fourth-order valence-electron chi connectivity index (χ4n) is 1.06. The van der Waals surface area contributed by atoms with Crippen molar-refractivity contribution in [1.82, 2.24) is 0 Å². The molecule has 0 aromatic heterocycles. The summed E-state index contributed by atoms with van der Waals surface area (Å²) in [4.78, 5) is 0. The number of allylic oxidation sites excluding steroid dienone is 3. The number of rotatable bonds is 1. The van der Waals surface area contributed by atoms with Gasteiger partial charge in [0.1, 0.15) is 6.17 Å². The zero-order chi connectivity index (χ0) is 7.56. The molecule has 0 aromatic rings. The summed E-state index contributed by atoms with van der Waals surface area (Å²) in [6, 6.07) is 0. The standard InChI is InChI=1S/C8H12FN/c1-6-3-2-4-7(5-10)8(6)9/h2-4,6,8H,5,10H2,1H3/t6?,8-/m0/s1. The maximum absolute atomic E-state index is 13.0. The monoisotopic (exact) mass is 141 g/mol. The Morgan fingerprint density at radius 1 is 1.70 bits per heavy atom. The van der Waals surface area contributed by atoms with Crippen LogP contribution in [0.5, 0.6) is 0 Å². The van der Waals surface area contributed by atoms with Gasteiger partial charge in [-0.05, 0) is 5.57 Å². The molecule has 1 nitrogen and oxygen atoms in total. The molecular weight excluding hydrogens is 129 g/mol. The lowest BCUT2D eigenvalue weighted by Crippen LogP contribution is -2.21. The van der Waals surface area contributed by atoms with Gasteiger partial charge in [-0.25, -0.2) is 4.39 Å². The molecular formula is C8H12FN. The second-order valence-electron chi connectivity index (χ2n) is 2.59. The highest BCUT2D eigenvalue weighted by Gasteiger charge is 2.19. The molecule has 0 fully saturated rings. The highest BCUT2D eigenvalue weighted by atomic mass is 19.1. The lowest BCUT2D eigenvalue weighted by molar-refractivity contribution is 0.314. The molecule has 1 unspecified atom stereocenters. The first-order valence-corrected chi connectivity index (χ1v) is 3.47. The Hall–Kier alpha value is -0.630. The van der Waals surface area contributed by atoms with E-state index in [1.165, 1.54) is 0 Å². The average Bonchev–Trinajstić information content (AvgIpc) is 1.95. The molecule has 2 atom stereocenters. The molecule has 0 amide bonds. The summed E-state index contributed by atoms with van der Waals surface area (Å²) < 4.78 is 13.0. The van der Waals surface area contributed by atoms with Crippen LogP contribution in [0, 0.1) is 5.92 Å². The summed E-state index contributed by atoms with van der Waals surface area (Å²) in [6.07, 6.45) is 4.60. The minimum absolute atomic E-state index is 0.0106. The Kier molecular flexibility index (Phi) is 2.22. The van der Waals surface area contributed by atoms with Gasteiger partial charge >= 0.3 is 0 Å². The quantitative estimate of drug-likeness (QED) is 0.587. The molecule has 1 rings (SSSR count). The normalized spacial score (nSPS) is 32.1. The minimum atomic E-state index is -0.866. The van der Waals surface area contributed by atoms with Crippen LogP contribution in [0.3, 0.4) is 0 Å². The summed E-state index contributed by atoms with van der Waals surface area (Å²) in [5.41, 5.74) is 6.02. The first-order valence-electron chi connectivity index (χ1n) is 3.47. The predicted octanol–water partition coefficient (Wildman–Crippen LogP) is 1.42. The first kappa shape index (κ1) is 7.48. The van der Waals surface area contributed by atoms with Crippen molar-refractivity contribution in [2.24, 2.45) is 11.7 Å². The van der Waals surface area contributed by atoms with Gasteiger partial charge in [0, 0.05) is 12.5 Å². The molecule has 56 valence electrons. The van der Waals surface area contributed by atoms with E-state index in [0.717, 1.165) is 0 Å². The third-order valence-corrected chi connectivity index (χ3v) is 1.78. The lowest BCUT2D eigenvalue weighted by Gasteiger charge is -2.18. The van der Waals surface area contributed by atoms with Crippen LogP contribution < -0.4 is 5.73 Å². The maximum atomic E-state index is 13.0. The summed E-state index contributed by atoms with van der Waals surface area (Å²) in [7, 11) is 0. The molecule has 10 heavy (non-hydrogen) atoms. The molecule has 0 spiro atoms. The minimum Gasteiger partial charge on any atom is -0.327 e. The van der Waals surface area contributed by atoms with E-state index in [0.29, 0.717) is 12.1 Å². The van der Waals surface area contributed by atoms with E-state index in [-0.39, 0.29) is 5.92 Å². The Morgan fingerprint density at radius 2 is 2.40 bits per heavy atom. The van der Waals surface area contributed by atoms with Gasteiger partial charge in [0.15, 0.2) is 0 Å². The lowest BCUT2D eigenvalue weighted by atomic mass is 9.94. The van der Waals surface area contributed by atoms with E-state index < -0.39 is 6.17 Å². The second-order valence-corrected chi connectivity index (χ2v) is 2.59. The Bertz CT molecular complexity index is 172. The molecule has 2 N–H and O–H groups in total. The SMILES string of the molecule is CC1C=CC=C(CN)[C@H]1F. The van der Waals surface area contributed by atoms with Crippen LogP contribution in [0.1, 0.15) is 6.92 Å². The van der Waals surface area contributed by atoms with Crippen molar-refractivity contribution in [2.75, 3.05) is 6.54 Å². The zero-order valence-corrected chi connectivity index (χ0v) is 6.05. The highest BCUT2D eigenvalue weighted by Crippen LogP contribution is 2.20. The molecule has 0 heterocycles. The Balaban J connectivity index is 2.71. The number of hydrogen-bond donors (Lipinski definition) is 1. The molecule has 0 radical (unpaired) electrons. The van der Waals surface area contributed by atoms with Gasteiger partial charge in [-0.3, -0.25) is 0 Å². The van der Waals surface area contributed by atoms with Crippen molar-refractivity contribution in [3.8, 4) is 0 Å². The van der Waals surface area contributed by atoms with Crippen molar-refractivity contribution >= 4 is 0 Å². The van der Waals surface area contributed by atoms with E-state index in [2.05, 4.69) is 0 Å². The summed E-state index contributed by atoms with van der Waals surface area (Å²) in [5.74, 6) is -0.0106. The van der Waals surface area contributed by atoms with Gasteiger partial charge in [-0.1, -0.05) is 25.2 Å². The summed E-state index contributed by atoms with van der Waals surface area (Å²) >= 11 is 0. The smallest absolute Gasteiger partial charge is 0.129 e. The van der Waals surface area contributed by atoms with Crippen molar-refractivity contribution < 1.29 is 4.39 Å². The predicted molar refractivity (Wildman–Crippen MR) is 40.3 cm³/mol. The van der Waals surface area contributed by atoms with E-state index in [1.54, 1.807) is 6.08 Å². The highest BCUT2D eigenvalue weighted by molar-refractivity contribution is 5.24. The van der Waals surface area contributed by atoms with Gasteiger partial charge in [-0.15, -0.1) is 0 Å². The van der Waals surface area contributed by atoms with Crippen LogP contribution in [-0.4, -0.2) is 12.7 Å². The molecule has 2 heteroatoms. The van der Waals surface area contributed by atoms with E-state index in [9.17, 15) is 4.39 Å². The van der Waals surface area contributed by atoms with Gasteiger partial charge in [0.25, 0.3) is 0 Å². The third-order valence-electron chi connectivity index (χ3n) is 1.78. The number of hydrogen-bond acceptors (Lipinski definition) is 1. The third kappa shape index (κ3) is 1.27. The molecule has 0 aromatic carbocycles. The fourth-order valence-corrected chi connectivity index (χ4v) is 1.06. The van der Waals surface area contributed by atoms with Crippen molar-refractivity contribution in [1.29, 1.82) is 0 Å². The van der Waals surface area contributed by atoms with Gasteiger partial charge in [-0.2, -0.15) is 0 Å². The fraction of sp³-hybridized carbons (Fsp3) is 0.500. The van der Waals surface area contributed by atoms with Crippen molar-refractivity contribution in [2.45, 2.75) is 13.1 Å². The molecule has 0 bridgehead atoms. The molecule has 1 aliphatic rings. The van der Waals surface area contributed by atoms with Gasteiger partial charge in [0.05, 0.1) is 0 Å². The van der Waals surface area contributed by atoms with Crippen molar-refractivity contribution in [3.63, 3.8) is 0 Å². The number of halogens is 1. The van der Waals surface area contributed by atoms with E-state index in [4.69, 9.17) is 5.73 Å². The average molecular weight is 141 g/mol. The second kappa shape index (κ2) is 2.97. The van der Waals surface area contributed by atoms with Gasteiger partial charge in [0.2, 0.25) is 0 Å². The Morgan fingerprint density at radius 3 is 2.90 bits per heavy atom. The summed E-state index contributed by atoms with van der Waals surface area (Å²) in [5, 5.41) is 0. The van der Waals surface area contributed by atoms with Crippen molar-refractivity contribution in [3.05, 3.63) is 23.8 Å². The molecule has 0 saturated carbocycles. The van der Waals surface area contributed by atoms with Crippen LogP contribution in [0.2, 0.25) is 0 Å². The van der Waals surface area contributed by atoms with E-state index >= 15 is 0 Å². The van der Waals surface area contributed by atoms with Crippen LogP contribution in [0.15, 0.2) is 23.8 Å². The number of nitrogens with two attached hydrogens (primary N) is 1. The Labute approximate surface area is 60.4 Å². The van der Waals surface area contributed by atoms with Crippen LogP contribution in [0.25, 0.3) is 0 Å². The maximum Gasteiger partial charge on any atom is 0.129 e. The molecule has 0 saturated heterocycles. The topological polar surface area (TPSA) is 26.0 Å². The summed E-state index contributed by atoms with van der Waals surface area (Å²) in [6.45, 7) is 2.18. The van der Waals surface area contributed by atoms with E-state index in [1.807, 2.05) is 19.1 Å². The van der Waals surface area contributed by atoms with Crippen LogP contribution in [-0.2, 0) is 0 Å². The zero-order valence-electron chi connectivity index (χ0n) is 6.05. The molecule has 0 aliphatic heterocycles.